The number of aromatic nitrogens is 1. The molecular formula is C14H17N3O. The molecule has 2 heterocycles. The Morgan fingerprint density at radius 3 is 2.94 bits per heavy atom. The van der Waals surface area contributed by atoms with Crippen LogP contribution in [0.3, 0.4) is 0 Å². The van der Waals surface area contributed by atoms with E-state index < -0.39 is 0 Å². The van der Waals surface area contributed by atoms with Crippen LogP contribution in [0.4, 0.5) is 0 Å². The zero-order valence-electron chi connectivity index (χ0n) is 10.4. The summed E-state index contributed by atoms with van der Waals surface area (Å²) < 4.78 is 0. The molecule has 0 unspecified atom stereocenters. The van der Waals surface area contributed by atoms with E-state index in [0.717, 1.165) is 19.6 Å². The lowest BCUT2D eigenvalue weighted by atomic mass is 10.3. The van der Waals surface area contributed by atoms with Crippen LogP contribution < -0.4 is 5.32 Å². The summed E-state index contributed by atoms with van der Waals surface area (Å²) in [5.41, 5.74) is 0.568. The number of amides is 1. The van der Waals surface area contributed by atoms with E-state index in [-0.39, 0.29) is 5.91 Å². The van der Waals surface area contributed by atoms with Crippen molar-refractivity contribution in [2.45, 2.75) is 12.8 Å². The Hall–Kier alpha value is -1.86. The molecule has 4 nitrogen and oxygen atoms in total. The van der Waals surface area contributed by atoms with Crippen LogP contribution in [0.2, 0.25) is 0 Å². The fourth-order valence-electron chi connectivity index (χ4n) is 1.89. The van der Waals surface area contributed by atoms with Crippen LogP contribution in [-0.4, -0.2) is 42.0 Å². The molecule has 0 atom stereocenters. The molecule has 1 N–H and O–H groups in total. The maximum Gasteiger partial charge on any atom is 0.253 e. The summed E-state index contributed by atoms with van der Waals surface area (Å²) in [5.74, 6) is 5.92. The Morgan fingerprint density at radius 2 is 2.22 bits per heavy atom. The minimum atomic E-state index is -0.126. The zero-order valence-corrected chi connectivity index (χ0v) is 10.4. The van der Waals surface area contributed by atoms with Gasteiger partial charge in [-0.15, -0.1) is 0 Å². The number of nitrogens with one attached hydrogen (secondary N) is 1. The monoisotopic (exact) mass is 243 g/mol. The van der Waals surface area contributed by atoms with Crippen LogP contribution in [-0.2, 0) is 0 Å². The first-order valence-electron chi connectivity index (χ1n) is 6.22. The van der Waals surface area contributed by atoms with Crippen LogP contribution in [0.25, 0.3) is 0 Å². The summed E-state index contributed by atoms with van der Waals surface area (Å²) in [5, 5.41) is 2.75. The summed E-state index contributed by atoms with van der Waals surface area (Å²) in [6.45, 7) is 3.50. The number of hydrogen-bond acceptors (Lipinski definition) is 3. The van der Waals surface area contributed by atoms with Crippen LogP contribution >= 0.6 is 0 Å². The third-order valence-electron chi connectivity index (χ3n) is 2.89. The molecule has 94 valence electrons. The lowest BCUT2D eigenvalue weighted by Gasteiger charge is -2.08. The van der Waals surface area contributed by atoms with E-state index in [1.807, 2.05) is 0 Å². The highest BCUT2D eigenvalue weighted by atomic mass is 16.1. The molecule has 0 bridgehead atoms. The third-order valence-corrected chi connectivity index (χ3v) is 2.89. The van der Waals surface area contributed by atoms with Crippen LogP contribution in [0.1, 0.15) is 23.2 Å². The number of likely N-dealkylation sites (tertiary alicyclic amines) is 1. The van der Waals surface area contributed by atoms with Gasteiger partial charge in [-0.3, -0.25) is 14.7 Å². The summed E-state index contributed by atoms with van der Waals surface area (Å²) in [7, 11) is 0. The first kappa shape index (κ1) is 12.6. The van der Waals surface area contributed by atoms with Crippen molar-refractivity contribution in [2.75, 3.05) is 26.2 Å². The molecule has 0 aromatic carbocycles. The Kier molecular flexibility index (Phi) is 4.74. The molecule has 0 radical (unpaired) electrons. The van der Waals surface area contributed by atoms with Gasteiger partial charge < -0.3 is 5.32 Å². The molecular weight excluding hydrogens is 226 g/mol. The van der Waals surface area contributed by atoms with Gasteiger partial charge in [-0.05, 0) is 38.1 Å². The molecule has 0 saturated carbocycles. The normalized spacial score (nSPS) is 14.9. The molecule has 1 aliphatic heterocycles. The van der Waals surface area contributed by atoms with E-state index in [0.29, 0.717) is 12.1 Å². The fraction of sp³-hybridized carbons (Fsp3) is 0.429. The second kappa shape index (κ2) is 6.77. The smallest absolute Gasteiger partial charge is 0.253 e. The second-order valence-electron chi connectivity index (χ2n) is 4.26. The highest BCUT2D eigenvalue weighted by Gasteiger charge is 2.08. The van der Waals surface area contributed by atoms with Gasteiger partial charge in [0.05, 0.1) is 18.7 Å². The van der Waals surface area contributed by atoms with Crippen molar-refractivity contribution < 1.29 is 4.79 Å². The van der Waals surface area contributed by atoms with Gasteiger partial charge in [0.15, 0.2) is 0 Å². The lowest BCUT2D eigenvalue weighted by molar-refractivity contribution is 0.0958. The Labute approximate surface area is 107 Å². The van der Waals surface area contributed by atoms with E-state index in [1.165, 1.54) is 12.8 Å². The number of hydrogen-bond donors (Lipinski definition) is 1. The molecule has 2 rings (SSSR count). The average Bonchev–Trinajstić information content (AvgIpc) is 2.92. The number of pyridine rings is 1. The molecule has 1 aromatic rings. The largest absolute Gasteiger partial charge is 0.341 e. The van der Waals surface area contributed by atoms with Crippen molar-refractivity contribution in [1.82, 2.24) is 15.2 Å². The van der Waals surface area contributed by atoms with Crippen molar-refractivity contribution >= 4 is 5.91 Å². The van der Waals surface area contributed by atoms with E-state index in [1.54, 1.807) is 24.5 Å². The maximum atomic E-state index is 11.6. The van der Waals surface area contributed by atoms with Gasteiger partial charge in [-0.25, -0.2) is 0 Å². The number of carbonyl (C=O) groups excluding carboxylic acids is 1. The summed E-state index contributed by atoms with van der Waals surface area (Å²) in [4.78, 5) is 17.9. The quantitative estimate of drug-likeness (QED) is 0.803. The van der Waals surface area contributed by atoms with Gasteiger partial charge in [0.1, 0.15) is 0 Å². The van der Waals surface area contributed by atoms with Crippen molar-refractivity contribution in [3.63, 3.8) is 0 Å². The molecule has 1 saturated heterocycles. The fourth-order valence-corrected chi connectivity index (χ4v) is 1.89. The highest BCUT2D eigenvalue weighted by molar-refractivity contribution is 5.93. The first-order valence-corrected chi connectivity index (χ1v) is 6.22. The molecule has 0 aliphatic carbocycles. The first-order chi connectivity index (χ1) is 8.86. The van der Waals surface area contributed by atoms with Crippen molar-refractivity contribution in [3.05, 3.63) is 30.1 Å². The number of carbonyl (C=O) groups is 1. The van der Waals surface area contributed by atoms with E-state index in [4.69, 9.17) is 0 Å². The Balaban J connectivity index is 1.69. The van der Waals surface area contributed by atoms with Crippen LogP contribution in [0.5, 0.6) is 0 Å². The minimum absolute atomic E-state index is 0.126. The van der Waals surface area contributed by atoms with Gasteiger partial charge in [0.25, 0.3) is 5.91 Å². The van der Waals surface area contributed by atoms with Crippen molar-refractivity contribution in [2.24, 2.45) is 0 Å². The van der Waals surface area contributed by atoms with Gasteiger partial charge in [-0.1, -0.05) is 11.8 Å². The second-order valence-corrected chi connectivity index (χ2v) is 4.26. The SMILES string of the molecule is O=C(NCC#CCN1CCCC1)c1cccnc1. The predicted octanol–water partition coefficient (Wildman–Crippen LogP) is 0.911. The van der Waals surface area contributed by atoms with Gasteiger partial charge in [0.2, 0.25) is 0 Å². The molecule has 1 aromatic heterocycles. The maximum absolute atomic E-state index is 11.6. The predicted molar refractivity (Wildman–Crippen MR) is 70.0 cm³/mol. The van der Waals surface area contributed by atoms with Gasteiger partial charge in [0, 0.05) is 12.4 Å². The highest BCUT2D eigenvalue weighted by Crippen LogP contribution is 2.05. The van der Waals surface area contributed by atoms with Crippen molar-refractivity contribution in [1.29, 1.82) is 0 Å². The Morgan fingerprint density at radius 1 is 1.39 bits per heavy atom. The molecule has 1 amide bonds. The van der Waals surface area contributed by atoms with Crippen LogP contribution in [0.15, 0.2) is 24.5 Å². The third kappa shape index (κ3) is 3.86. The van der Waals surface area contributed by atoms with E-state index >= 15 is 0 Å². The van der Waals surface area contributed by atoms with E-state index in [9.17, 15) is 4.79 Å². The average molecular weight is 243 g/mol. The van der Waals surface area contributed by atoms with Crippen LogP contribution in [0, 0.1) is 11.8 Å². The molecule has 18 heavy (non-hydrogen) atoms. The lowest BCUT2D eigenvalue weighted by Crippen LogP contribution is -2.24. The number of rotatable bonds is 3. The molecule has 0 spiro atoms. The van der Waals surface area contributed by atoms with Gasteiger partial charge in [-0.2, -0.15) is 0 Å². The van der Waals surface area contributed by atoms with Gasteiger partial charge >= 0.3 is 0 Å². The Bertz CT molecular complexity index is 441. The number of nitrogens with zero attached hydrogens (tertiary/aromatic N) is 2. The summed E-state index contributed by atoms with van der Waals surface area (Å²) in [6.07, 6.45) is 5.75. The molecule has 1 aliphatic rings. The molecule has 4 heteroatoms. The zero-order chi connectivity index (χ0) is 12.6. The standard InChI is InChI=1S/C14H17N3O/c18-14(13-6-5-7-15-12-13)16-8-1-2-9-17-10-3-4-11-17/h5-7,12H,3-4,8-11H2,(H,16,18). The topological polar surface area (TPSA) is 45.2 Å². The minimum Gasteiger partial charge on any atom is -0.341 e. The summed E-state index contributed by atoms with van der Waals surface area (Å²) >= 11 is 0. The molecule has 1 fully saturated rings. The van der Waals surface area contributed by atoms with Crippen molar-refractivity contribution in [3.8, 4) is 11.8 Å². The van der Waals surface area contributed by atoms with E-state index in [2.05, 4.69) is 27.0 Å². The summed E-state index contributed by atoms with van der Waals surface area (Å²) in [6, 6.07) is 3.48.